The number of amides is 2. The van der Waals surface area contributed by atoms with Gasteiger partial charge in [0, 0.05) is 63.0 Å². The molecule has 3 aromatic carbocycles. The molecular formula is C32H36N6O4S. The lowest BCUT2D eigenvalue weighted by atomic mass is 9.97. The number of hydrogen-bond donors (Lipinski definition) is 1. The Morgan fingerprint density at radius 3 is 2.02 bits per heavy atom. The van der Waals surface area contributed by atoms with Crippen LogP contribution in [-0.4, -0.2) is 81.9 Å². The minimum atomic E-state index is -3.90. The summed E-state index contributed by atoms with van der Waals surface area (Å²) in [6, 6.07) is 19.8. The molecule has 1 unspecified atom stereocenters. The summed E-state index contributed by atoms with van der Waals surface area (Å²) in [5, 5.41) is 14.9. The number of carbonyl (C=O) groups is 2. The lowest BCUT2D eigenvalue weighted by Gasteiger charge is -2.41. The topological polar surface area (TPSA) is 131 Å². The molecule has 0 radical (unpaired) electrons. The Morgan fingerprint density at radius 2 is 1.40 bits per heavy atom. The first kappa shape index (κ1) is 30.1. The van der Waals surface area contributed by atoms with Crippen LogP contribution in [0.5, 0.6) is 0 Å². The summed E-state index contributed by atoms with van der Waals surface area (Å²) in [7, 11) is -3.90. The highest BCUT2D eigenvalue weighted by Gasteiger charge is 2.32. The smallest absolute Gasteiger partial charge is 0.254 e. The van der Waals surface area contributed by atoms with E-state index < -0.39 is 10.0 Å². The number of nitrogens with two attached hydrogens (primary N) is 1. The Bertz CT molecular complexity index is 1710. The van der Waals surface area contributed by atoms with E-state index in [4.69, 9.17) is 5.14 Å². The van der Waals surface area contributed by atoms with Gasteiger partial charge in [-0.15, -0.1) is 0 Å². The Balaban J connectivity index is 1.30. The third-order valence-corrected chi connectivity index (χ3v) is 9.32. The van der Waals surface area contributed by atoms with Crippen molar-refractivity contribution in [3.63, 3.8) is 0 Å². The zero-order valence-electron chi connectivity index (χ0n) is 24.7. The van der Waals surface area contributed by atoms with E-state index >= 15 is 0 Å². The molecule has 0 bridgehead atoms. The van der Waals surface area contributed by atoms with E-state index in [2.05, 4.69) is 11.0 Å². The third-order valence-electron chi connectivity index (χ3n) is 8.37. The van der Waals surface area contributed by atoms with Gasteiger partial charge in [-0.1, -0.05) is 30.3 Å². The number of sulfonamides is 1. The summed E-state index contributed by atoms with van der Waals surface area (Å²) >= 11 is 0. The second-order valence-electron chi connectivity index (χ2n) is 11.2. The van der Waals surface area contributed by atoms with E-state index in [0.29, 0.717) is 68.2 Å². The molecule has 1 atom stereocenters. The van der Waals surface area contributed by atoms with Gasteiger partial charge in [-0.2, -0.15) is 5.26 Å². The summed E-state index contributed by atoms with van der Waals surface area (Å²) in [6.07, 6.45) is 0. The van der Waals surface area contributed by atoms with Crippen LogP contribution in [0.2, 0.25) is 0 Å². The van der Waals surface area contributed by atoms with Gasteiger partial charge in [-0.3, -0.25) is 9.59 Å². The third kappa shape index (κ3) is 6.07. The van der Waals surface area contributed by atoms with Crippen molar-refractivity contribution in [2.45, 2.75) is 31.7 Å². The van der Waals surface area contributed by atoms with Crippen molar-refractivity contribution >= 4 is 33.2 Å². The van der Waals surface area contributed by atoms with Gasteiger partial charge in [0.25, 0.3) is 11.8 Å². The number of piperazine rings is 2. The fourth-order valence-electron chi connectivity index (χ4n) is 6.07. The summed E-state index contributed by atoms with van der Waals surface area (Å²) in [5.74, 6) is -0.270. The fraction of sp³-hybridized carbons (Fsp3) is 0.344. The molecule has 3 aromatic rings. The molecule has 0 aromatic heterocycles. The minimum Gasteiger partial charge on any atom is -0.367 e. The first-order valence-corrected chi connectivity index (χ1v) is 15.9. The van der Waals surface area contributed by atoms with Crippen LogP contribution in [0.15, 0.2) is 65.6 Å². The molecule has 2 amide bonds. The van der Waals surface area contributed by atoms with Crippen molar-refractivity contribution in [1.29, 1.82) is 5.26 Å². The number of benzene rings is 3. The largest absolute Gasteiger partial charge is 0.367 e. The second kappa shape index (κ2) is 12.1. The van der Waals surface area contributed by atoms with E-state index in [0.717, 1.165) is 16.8 Å². The highest BCUT2D eigenvalue weighted by Crippen LogP contribution is 2.28. The SMILES string of the molecule is Cc1cc(C)c(C(=O)N2CCN(c3ccccc3S(N)(=O)=O)CC2C)cc1C(=O)N1CCN(c2ccccc2C#N)CC1. The summed E-state index contributed by atoms with van der Waals surface area (Å²) in [6.45, 7) is 9.20. The Labute approximate surface area is 252 Å². The molecule has 2 N–H and O–H groups in total. The van der Waals surface area contributed by atoms with Gasteiger partial charge in [-0.05, 0) is 62.2 Å². The van der Waals surface area contributed by atoms with Gasteiger partial charge in [0.05, 0.1) is 16.9 Å². The molecule has 0 spiro atoms. The van der Waals surface area contributed by atoms with Crippen molar-refractivity contribution in [2.24, 2.45) is 5.14 Å². The van der Waals surface area contributed by atoms with Crippen molar-refractivity contribution in [2.75, 3.05) is 55.6 Å². The first-order chi connectivity index (χ1) is 20.5. The molecule has 10 nitrogen and oxygen atoms in total. The molecule has 224 valence electrons. The Kier molecular flexibility index (Phi) is 8.44. The average Bonchev–Trinajstić information content (AvgIpc) is 3.00. The standard InChI is InChI=1S/C32H36N6O4S/c1-22-18-23(2)27(19-26(22)31(39)36-14-12-35(13-15-36)28-9-5-4-8-25(28)20-33)32(40)38-17-16-37(21-24(38)3)29-10-6-7-11-30(29)43(34,41)42/h4-11,18-19,24H,12-17,21H2,1-3H3,(H2,34,41,42). The number of para-hydroxylation sites is 2. The van der Waals surface area contributed by atoms with Crippen LogP contribution in [0.3, 0.4) is 0 Å². The van der Waals surface area contributed by atoms with E-state index in [9.17, 15) is 23.3 Å². The summed E-state index contributed by atoms with van der Waals surface area (Å²) in [5.41, 5.74) is 4.62. The van der Waals surface area contributed by atoms with Crippen molar-refractivity contribution in [1.82, 2.24) is 9.80 Å². The quantitative estimate of drug-likeness (QED) is 0.476. The van der Waals surface area contributed by atoms with Crippen molar-refractivity contribution < 1.29 is 18.0 Å². The van der Waals surface area contributed by atoms with E-state index in [1.54, 1.807) is 35.2 Å². The molecule has 43 heavy (non-hydrogen) atoms. The van der Waals surface area contributed by atoms with Gasteiger partial charge in [-0.25, -0.2) is 13.6 Å². The highest BCUT2D eigenvalue weighted by atomic mass is 32.2. The minimum absolute atomic E-state index is 0.0645. The number of anilines is 2. The number of nitrogens with zero attached hydrogens (tertiary/aromatic N) is 5. The van der Waals surface area contributed by atoms with Gasteiger partial charge >= 0.3 is 0 Å². The molecule has 2 saturated heterocycles. The van der Waals surface area contributed by atoms with Crippen LogP contribution in [0.4, 0.5) is 11.4 Å². The van der Waals surface area contributed by atoms with Gasteiger partial charge in [0.15, 0.2) is 0 Å². The van der Waals surface area contributed by atoms with Crippen LogP contribution >= 0.6 is 0 Å². The predicted octanol–water partition coefficient (Wildman–Crippen LogP) is 3.14. The zero-order chi connectivity index (χ0) is 30.9. The van der Waals surface area contributed by atoms with E-state index in [1.165, 1.54) is 6.07 Å². The molecule has 2 aliphatic rings. The van der Waals surface area contributed by atoms with Crippen LogP contribution in [0.25, 0.3) is 0 Å². The molecule has 5 rings (SSSR count). The lowest BCUT2D eigenvalue weighted by Crippen LogP contribution is -2.54. The maximum absolute atomic E-state index is 13.9. The van der Waals surface area contributed by atoms with Crippen LogP contribution in [0, 0.1) is 25.2 Å². The molecule has 2 aliphatic heterocycles. The fourth-order valence-corrected chi connectivity index (χ4v) is 6.83. The van der Waals surface area contributed by atoms with Gasteiger partial charge < -0.3 is 19.6 Å². The van der Waals surface area contributed by atoms with E-state index in [1.807, 2.05) is 54.8 Å². The van der Waals surface area contributed by atoms with Crippen molar-refractivity contribution in [3.05, 3.63) is 88.5 Å². The number of rotatable bonds is 5. The summed E-state index contributed by atoms with van der Waals surface area (Å²) < 4.78 is 24.3. The molecule has 2 fully saturated rings. The van der Waals surface area contributed by atoms with Crippen LogP contribution in [-0.2, 0) is 10.0 Å². The number of aryl methyl sites for hydroxylation is 2. The number of carbonyl (C=O) groups excluding carboxylic acids is 2. The highest BCUT2D eigenvalue weighted by molar-refractivity contribution is 7.89. The maximum Gasteiger partial charge on any atom is 0.254 e. The number of nitriles is 1. The predicted molar refractivity (Wildman–Crippen MR) is 166 cm³/mol. The second-order valence-corrected chi connectivity index (χ2v) is 12.7. The van der Waals surface area contributed by atoms with Crippen LogP contribution in [0.1, 0.15) is 44.3 Å². The zero-order valence-corrected chi connectivity index (χ0v) is 25.5. The summed E-state index contributed by atoms with van der Waals surface area (Å²) in [4.78, 5) is 35.3. The number of hydrogen-bond acceptors (Lipinski definition) is 7. The van der Waals surface area contributed by atoms with Gasteiger partial charge in [0.1, 0.15) is 11.0 Å². The molecule has 0 saturated carbocycles. The normalized spacial score (nSPS) is 17.5. The molecule has 0 aliphatic carbocycles. The van der Waals surface area contributed by atoms with Gasteiger partial charge in [0.2, 0.25) is 10.0 Å². The molecular weight excluding hydrogens is 564 g/mol. The number of primary sulfonamides is 1. The Hall–Kier alpha value is -4.40. The lowest BCUT2D eigenvalue weighted by molar-refractivity contribution is 0.0673. The van der Waals surface area contributed by atoms with Crippen LogP contribution < -0.4 is 14.9 Å². The Morgan fingerprint density at radius 1 is 0.814 bits per heavy atom. The monoisotopic (exact) mass is 600 g/mol. The molecule has 2 heterocycles. The average molecular weight is 601 g/mol. The maximum atomic E-state index is 13.9. The van der Waals surface area contributed by atoms with Crippen molar-refractivity contribution in [3.8, 4) is 6.07 Å². The van der Waals surface area contributed by atoms with E-state index in [-0.39, 0.29) is 22.8 Å². The molecule has 11 heteroatoms. The first-order valence-electron chi connectivity index (χ1n) is 14.3.